The van der Waals surface area contributed by atoms with Gasteiger partial charge in [0, 0.05) is 24.7 Å². The van der Waals surface area contributed by atoms with Gasteiger partial charge in [-0.3, -0.25) is 14.6 Å². The third-order valence-electron chi connectivity index (χ3n) is 4.51. The highest BCUT2D eigenvalue weighted by molar-refractivity contribution is 6.30. The molecule has 0 unspecified atom stereocenters. The number of fused-ring (bicyclic) bond motifs is 1. The monoisotopic (exact) mass is 368 g/mol. The second kappa shape index (κ2) is 6.80. The minimum absolute atomic E-state index is 0.00186. The molecule has 4 rings (SSSR count). The summed E-state index contributed by atoms with van der Waals surface area (Å²) in [4.78, 5) is 35.7. The van der Waals surface area contributed by atoms with Gasteiger partial charge in [-0.25, -0.2) is 4.98 Å². The molecule has 2 aromatic carbocycles. The van der Waals surface area contributed by atoms with Crippen LogP contribution in [0.1, 0.15) is 5.56 Å². The highest BCUT2D eigenvalue weighted by atomic mass is 35.5. The first-order valence-corrected chi connectivity index (χ1v) is 8.74. The predicted octanol–water partition coefficient (Wildman–Crippen LogP) is 2.43. The van der Waals surface area contributed by atoms with Crippen molar-refractivity contribution in [2.24, 2.45) is 0 Å². The standard InChI is InChI=1S/C19H17ClN4O2/c20-14-7-5-13(6-8-14)11-23-9-10-24(12-17(23)25)19-21-16-4-2-1-3-15(16)18(26)22-19/h1-8H,9-12H2,(H,21,22,26). The number of amides is 1. The molecule has 0 atom stereocenters. The minimum Gasteiger partial charge on any atom is -0.335 e. The zero-order chi connectivity index (χ0) is 18.1. The van der Waals surface area contributed by atoms with Crippen LogP contribution < -0.4 is 10.5 Å². The Labute approximate surface area is 155 Å². The van der Waals surface area contributed by atoms with Gasteiger partial charge in [-0.15, -0.1) is 0 Å². The molecule has 7 heteroatoms. The summed E-state index contributed by atoms with van der Waals surface area (Å²) >= 11 is 5.90. The molecular weight excluding hydrogens is 352 g/mol. The van der Waals surface area contributed by atoms with Crippen molar-refractivity contribution in [1.29, 1.82) is 0 Å². The van der Waals surface area contributed by atoms with E-state index in [1.807, 2.05) is 35.2 Å². The average molecular weight is 369 g/mol. The van der Waals surface area contributed by atoms with E-state index in [2.05, 4.69) is 9.97 Å². The molecule has 1 saturated heterocycles. The van der Waals surface area contributed by atoms with Crippen molar-refractivity contribution in [3.8, 4) is 0 Å². The summed E-state index contributed by atoms with van der Waals surface area (Å²) in [5.41, 5.74) is 1.47. The number of benzene rings is 2. The van der Waals surface area contributed by atoms with Crippen molar-refractivity contribution in [3.63, 3.8) is 0 Å². The molecule has 26 heavy (non-hydrogen) atoms. The fourth-order valence-corrected chi connectivity index (χ4v) is 3.22. The van der Waals surface area contributed by atoms with Gasteiger partial charge in [0.25, 0.3) is 5.56 Å². The number of H-pyrrole nitrogens is 1. The Morgan fingerprint density at radius 1 is 1.04 bits per heavy atom. The molecule has 1 N–H and O–H groups in total. The van der Waals surface area contributed by atoms with E-state index in [0.29, 0.717) is 41.5 Å². The van der Waals surface area contributed by atoms with Crippen molar-refractivity contribution >= 4 is 34.4 Å². The molecule has 6 nitrogen and oxygen atoms in total. The van der Waals surface area contributed by atoms with Crippen LogP contribution >= 0.6 is 11.6 Å². The smallest absolute Gasteiger partial charge is 0.260 e. The van der Waals surface area contributed by atoms with E-state index in [1.54, 1.807) is 23.1 Å². The summed E-state index contributed by atoms with van der Waals surface area (Å²) in [5, 5.41) is 1.22. The molecule has 1 fully saturated rings. The number of nitrogens with one attached hydrogen (secondary N) is 1. The van der Waals surface area contributed by atoms with Crippen LogP contribution in [0.3, 0.4) is 0 Å². The van der Waals surface area contributed by atoms with E-state index < -0.39 is 0 Å². The van der Waals surface area contributed by atoms with Gasteiger partial charge in [0.05, 0.1) is 17.4 Å². The molecule has 2 heterocycles. The number of anilines is 1. The van der Waals surface area contributed by atoms with Crippen molar-refractivity contribution in [1.82, 2.24) is 14.9 Å². The Kier molecular flexibility index (Phi) is 4.34. The van der Waals surface area contributed by atoms with E-state index in [-0.39, 0.29) is 18.0 Å². The van der Waals surface area contributed by atoms with Crippen molar-refractivity contribution in [3.05, 3.63) is 69.5 Å². The van der Waals surface area contributed by atoms with Crippen LogP contribution in [0.4, 0.5) is 5.95 Å². The number of aromatic amines is 1. The largest absolute Gasteiger partial charge is 0.335 e. The van der Waals surface area contributed by atoms with Crippen molar-refractivity contribution < 1.29 is 4.79 Å². The van der Waals surface area contributed by atoms with Gasteiger partial charge in [-0.2, -0.15) is 0 Å². The lowest BCUT2D eigenvalue weighted by atomic mass is 10.2. The molecule has 0 aliphatic carbocycles. The molecule has 1 aliphatic heterocycles. The second-order valence-corrected chi connectivity index (χ2v) is 6.71. The first-order valence-electron chi connectivity index (χ1n) is 8.36. The number of nitrogens with zero attached hydrogens (tertiary/aromatic N) is 3. The van der Waals surface area contributed by atoms with E-state index >= 15 is 0 Å². The maximum absolute atomic E-state index is 12.5. The number of hydrogen-bond acceptors (Lipinski definition) is 4. The maximum Gasteiger partial charge on any atom is 0.260 e. The minimum atomic E-state index is -0.193. The van der Waals surface area contributed by atoms with Gasteiger partial charge in [0.1, 0.15) is 0 Å². The zero-order valence-electron chi connectivity index (χ0n) is 14.0. The van der Waals surface area contributed by atoms with Crippen LogP contribution in [0.25, 0.3) is 10.9 Å². The highest BCUT2D eigenvalue weighted by Gasteiger charge is 2.25. The Balaban J connectivity index is 1.51. The number of hydrogen-bond donors (Lipinski definition) is 1. The summed E-state index contributed by atoms with van der Waals surface area (Å²) in [5.74, 6) is 0.440. The lowest BCUT2D eigenvalue weighted by molar-refractivity contribution is -0.131. The Morgan fingerprint density at radius 3 is 2.58 bits per heavy atom. The van der Waals surface area contributed by atoms with Gasteiger partial charge in [0.2, 0.25) is 11.9 Å². The SMILES string of the molecule is O=C1CN(c2nc3ccccc3c(=O)[nH]2)CCN1Cc1ccc(Cl)cc1. The third-order valence-corrected chi connectivity index (χ3v) is 4.76. The Hall–Kier alpha value is -2.86. The highest BCUT2D eigenvalue weighted by Crippen LogP contribution is 2.17. The summed E-state index contributed by atoms with van der Waals surface area (Å²) in [6, 6.07) is 14.7. The van der Waals surface area contributed by atoms with Crippen LogP contribution in [0.2, 0.25) is 5.02 Å². The molecule has 0 bridgehead atoms. The Bertz CT molecular complexity index is 1020. The summed E-state index contributed by atoms with van der Waals surface area (Å²) in [7, 11) is 0. The molecule has 1 amide bonds. The second-order valence-electron chi connectivity index (χ2n) is 6.27. The lowest BCUT2D eigenvalue weighted by Gasteiger charge is -2.34. The van der Waals surface area contributed by atoms with Crippen LogP contribution in [0.15, 0.2) is 53.3 Å². The van der Waals surface area contributed by atoms with Gasteiger partial charge in [0.15, 0.2) is 0 Å². The van der Waals surface area contributed by atoms with Gasteiger partial charge in [-0.1, -0.05) is 35.9 Å². The molecule has 3 aromatic rings. The number of rotatable bonds is 3. The Morgan fingerprint density at radius 2 is 1.81 bits per heavy atom. The molecular formula is C19H17ClN4O2. The topological polar surface area (TPSA) is 69.3 Å². The molecule has 0 saturated carbocycles. The summed E-state index contributed by atoms with van der Waals surface area (Å²) in [6.07, 6.45) is 0. The quantitative estimate of drug-likeness (QED) is 0.770. The van der Waals surface area contributed by atoms with Crippen LogP contribution in [0, 0.1) is 0 Å². The number of aromatic nitrogens is 2. The van der Waals surface area contributed by atoms with Crippen LogP contribution in [-0.2, 0) is 11.3 Å². The van der Waals surface area contributed by atoms with Crippen molar-refractivity contribution in [2.75, 3.05) is 24.5 Å². The fraction of sp³-hybridized carbons (Fsp3) is 0.211. The number of para-hydroxylation sites is 1. The van der Waals surface area contributed by atoms with Crippen LogP contribution in [-0.4, -0.2) is 40.4 Å². The number of halogens is 1. The van der Waals surface area contributed by atoms with E-state index in [9.17, 15) is 9.59 Å². The number of carbonyl (C=O) groups excluding carboxylic acids is 1. The van der Waals surface area contributed by atoms with Crippen molar-refractivity contribution in [2.45, 2.75) is 6.54 Å². The lowest BCUT2D eigenvalue weighted by Crippen LogP contribution is -2.50. The van der Waals surface area contributed by atoms with E-state index in [4.69, 9.17) is 11.6 Å². The predicted molar refractivity (Wildman–Crippen MR) is 101 cm³/mol. The first-order chi connectivity index (χ1) is 12.6. The third kappa shape index (κ3) is 3.28. The summed E-state index contributed by atoms with van der Waals surface area (Å²) in [6.45, 7) is 1.92. The van der Waals surface area contributed by atoms with E-state index in [1.165, 1.54) is 0 Å². The van der Waals surface area contributed by atoms with Gasteiger partial charge in [-0.05, 0) is 29.8 Å². The normalized spacial score (nSPS) is 14.9. The van der Waals surface area contributed by atoms with Gasteiger partial charge < -0.3 is 9.80 Å². The average Bonchev–Trinajstić information content (AvgIpc) is 2.65. The number of carbonyl (C=O) groups is 1. The maximum atomic E-state index is 12.5. The van der Waals surface area contributed by atoms with Crippen LogP contribution in [0.5, 0.6) is 0 Å². The molecule has 1 aliphatic rings. The van der Waals surface area contributed by atoms with E-state index in [0.717, 1.165) is 5.56 Å². The number of piperazine rings is 1. The first kappa shape index (κ1) is 16.6. The van der Waals surface area contributed by atoms with Gasteiger partial charge >= 0.3 is 0 Å². The summed E-state index contributed by atoms with van der Waals surface area (Å²) < 4.78 is 0. The zero-order valence-corrected chi connectivity index (χ0v) is 14.7. The molecule has 0 spiro atoms. The molecule has 1 aromatic heterocycles. The molecule has 0 radical (unpaired) electrons. The fourth-order valence-electron chi connectivity index (χ4n) is 3.09. The molecule has 132 valence electrons.